The number of halogens is 1. The van der Waals surface area contributed by atoms with Gasteiger partial charge in [-0.05, 0) is 32.7 Å². The lowest BCUT2D eigenvalue weighted by Crippen LogP contribution is -1.91. The number of nitrogens with one attached hydrogen (secondary N) is 1. The molecular formula is C11H11BrN6O. The first-order valence-corrected chi connectivity index (χ1v) is 6.61. The highest BCUT2D eigenvalue weighted by Crippen LogP contribution is 2.28. The van der Waals surface area contributed by atoms with Crippen molar-refractivity contribution in [2.24, 2.45) is 0 Å². The number of hydrogen-bond acceptors (Lipinski definition) is 6. The van der Waals surface area contributed by atoms with E-state index in [1.165, 1.54) is 0 Å². The van der Waals surface area contributed by atoms with Gasteiger partial charge in [-0.3, -0.25) is 4.98 Å². The molecule has 0 saturated heterocycles. The third-order valence-electron chi connectivity index (χ3n) is 2.78. The molecule has 0 aliphatic heterocycles. The Morgan fingerprint density at radius 3 is 2.95 bits per heavy atom. The molecule has 19 heavy (non-hydrogen) atoms. The van der Waals surface area contributed by atoms with Gasteiger partial charge in [0.1, 0.15) is 5.52 Å². The highest BCUT2D eigenvalue weighted by atomic mass is 79.9. The number of rotatable bonds is 3. The Balaban J connectivity index is 2.22. The fourth-order valence-electron chi connectivity index (χ4n) is 1.91. The average Bonchev–Trinajstić information content (AvgIpc) is 2.99. The lowest BCUT2D eigenvalue weighted by atomic mass is 10.2. The molecule has 7 nitrogen and oxygen atoms in total. The smallest absolute Gasteiger partial charge is 0.199 e. The van der Waals surface area contributed by atoms with Crippen LogP contribution in [0.15, 0.2) is 15.3 Å². The molecule has 98 valence electrons. The standard InChI is InChI=1S/C11H11BrN6O/c1-2-3-6-8-7(5(12)4-14-6)15-11(16-8)9-10(13)18-19-17-9/h4H,2-3H2,1H3,(H2,13,18)(H,15,16). The van der Waals surface area contributed by atoms with Gasteiger partial charge in [-0.2, -0.15) is 0 Å². The van der Waals surface area contributed by atoms with E-state index in [4.69, 9.17) is 5.73 Å². The molecule has 0 saturated carbocycles. The predicted molar refractivity (Wildman–Crippen MR) is 73.3 cm³/mol. The van der Waals surface area contributed by atoms with Crippen LogP contribution in [0.1, 0.15) is 19.0 Å². The average molecular weight is 323 g/mol. The van der Waals surface area contributed by atoms with E-state index in [9.17, 15) is 0 Å². The molecule has 0 spiro atoms. The second-order valence-electron chi connectivity index (χ2n) is 4.11. The van der Waals surface area contributed by atoms with E-state index in [0.29, 0.717) is 11.5 Å². The summed E-state index contributed by atoms with van der Waals surface area (Å²) in [4.78, 5) is 12.1. The van der Waals surface area contributed by atoms with Crippen LogP contribution in [-0.4, -0.2) is 25.3 Å². The number of anilines is 1. The number of nitrogen functional groups attached to an aromatic ring is 1. The van der Waals surface area contributed by atoms with Crippen LogP contribution in [-0.2, 0) is 6.42 Å². The van der Waals surface area contributed by atoms with Gasteiger partial charge in [-0.25, -0.2) is 9.61 Å². The summed E-state index contributed by atoms with van der Waals surface area (Å²) >= 11 is 3.44. The van der Waals surface area contributed by atoms with Crippen LogP contribution in [0, 0.1) is 0 Å². The van der Waals surface area contributed by atoms with E-state index in [2.05, 4.69) is 52.7 Å². The van der Waals surface area contributed by atoms with Crippen molar-refractivity contribution in [3.63, 3.8) is 0 Å². The normalized spacial score (nSPS) is 11.3. The van der Waals surface area contributed by atoms with E-state index in [-0.39, 0.29) is 5.82 Å². The first-order chi connectivity index (χ1) is 9.20. The Hall–Kier alpha value is -1.96. The minimum atomic E-state index is 0.208. The fourth-order valence-corrected chi connectivity index (χ4v) is 2.30. The summed E-state index contributed by atoms with van der Waals surface area (Å²) in [5.41, 5.74) is 8.73. The molecule has 8 heteroatoms. The fraction of sp³-hybridized carbons (Fsp3) is 0.273. The van der Waals surface area contributed by atoms with Gasteiger partial charge in [0.05, 0.1) is 15.7 Å². The van der Waals surface area contributed by atoms with Crippen LogP contribution < -0.4 is 5.73 Å². The number of imidazole rings is 1. The van der Waals surface area contributed by atoms with Crippen LogP contribution in [0.4, 0.5) is 5.82 Å². The third-order valence-corrected chi connectivity index (χ3v) is 3.36. The van der Waals surface area contributed by atoms with E-state index in [0.717, 1.165) is 34.0 Å². The first-order valence-electron chi connectivity index (χ1n) is 5.82. The second-order valence-corrected chi connectivity index (χ2v) is 4.96. The maximum Gasteiger partial charge on any atom is 0.199 e. The number of H-pyrrole nitrogens is 1. The summed E-state index contributed by atoms with van der Waals surface area (Å²) in [6, 6.07) is 0. The van der Waals surface area contributed by atoms with E-state index in [1.807, 2.05) is 0 Å². The zero-order chi connectivity index (χ0) is 13.4. The van der Waals surface area contributed by atoms with Crippen LogP contribution >= 0.6 is 15.9 Å². The van der Waals surface area contributed by atoms with E-state index < -0.39 is 0 Å². The molecule has 3 N–H and O–H groups in total. The monoisotopic (exact) mass is 322 g/mol. The Labute approximate surface area is 116 Å². The van der Waals surface area contributed by atoms with Crippen molar-refractivity contribution >= 4 is 32.8 Å². The third kappa shape index (κ3) is 1.97. The number of fused-ring (bicyclic) bond motifs is 1. The predicted octanol–water partition coefficient (Wildman–Crippen LogP) is 2.31. The second kappa shape index (κ2) is 4.61. The van der Waals surface area contributed by atoms with Crippen molar-refractivity contribution in [1.29, 1.82) is 0 Å². The maximum atomic E-state index is 5.67. The van der Waals surface area contributed by atoms with Crippen molar-refractivity contribution < 1.29 is 4.63 Å². The molecule has 0 bridgehead atoms. The molecule has 3 aromatic heterocycles. The van der Waals surface area contributed by atoms with Gasteiger partial charge < -0.3 is 10.7 Å². The summed E-state index contributed by atoms with van der Waals surface area (Å²) in [7, 11) is 0. The number of aryl methyl sites for hydroxylation is 1. The van der Waals surface area contributed by atoms with Crippen molar-refractivity contribution in [2.75, 3.05) is 5.73 Å². The molecule has 3 aromatic rings. The topological polar surface area (TPSA) is 107 Å². The Morgan fingerprint density at radius 2 is 2.26 bits per heavy atom. The number of aromatic amines is 1. The molecule has 0 unspecified atom stereocenters. The maximum absolute atomic E-state index is 5.67. The van der Waals surface area contributed by atoms with Gasteiger partial charge in [0.2, 0.25) is 0 Å². The van der Waals surface area contributed by atoms with Crippen LogP contribution in [0.25, 0.3) is 22.6 Å². The quantitative estimate of drug-likeness (QED) is 0.766. The molecular weight excluding hydrogens is 312 g/mol. The molecule has 0 atom stereocenters. The van der Waals surface area contributed by atoms with Gasteiger partial charge in [0.25, 0.3) is 0 Å². The van der Waals surface area contributed by atoms with Crippen LogP contribution in [0.5, 0.6) is 0 Å². The molecule has 0 aliphatic carbocycles. The Morgan fingerprint density at radius 1 is 1.42 bits per heavy atom. The highest BCUT2D eigenvalue weighted by Gasteiger charge is 2.17. The van der Waals surface area contributed by atoms with Gasteiger partial charge in [-0.15, -0.1) is 0 Å². The van der Waals surface area contributed by atoms with Crippen molar-refractivity contribution in [1.82, 2.24) is 25.3 Å². The molecule has 0 fully saturated rings. The summed E-state index contributed by atoms with van der Waals surface area (Å²) in [6.07, 6.45) is 3.63. The lowest BCUT2D eigenvalue weighted by molar-refractivity contribution is 0.310. The summed E-state index contributed by atoms with van der Waals surface area (Å²) in [5, 5.41) is 7.29. The van der Waals surface area contributed by atoms with Crippen LogP contribution in [0.3, 0.4) is 0 Å². The van der Waals surface area contributed by atoms with Gasteiger partial charge >= 0.3 is 0 Å². The minimum absolute atomic E-state index is 0.208. The summed E-state index contributed by atoms with van der Waals surface area (Å²) in [5.74, 6) is 0.736. The number of aromatic nitrogens is 5. The van der Waals surface area contributed by atoms with Crippen molar-refractivity contribution in [3.8, 4) is 11.5 Å². The number of pyridine rings is 1. The van der Waals surface area contributed by atoms with Gasteiger partial charge in [0, 0.05) is 6.20 Å². The number of nitrogens with two attached hydrogens (primary N) is 1. The largest absolute Gasteiger partial charge is 0.379 e. The molecule has 3 heterocycles. The Kier molecular flexibility index (Phi) is 2.94. The van der Waals surface area contributed by atoms with Gasteiger partial charge in [0.15, 0.2) is 17.3 Å². The molecule has 3 rings (SSSR count). The zero-order valence-electron chi connectivity index (χ0n) is 10.1. The van der Waals surface area contributed by atoms with E-state index >= 15 is 0 Å². The first kappa shape index (κ1) is 12.1. The highest BCUT2D eigenvalue weighted by molar-refractivity contribution is 9.10. The van der Waals surface area contributed by atoms with Crippen molar-refractivity contribution in [3.05, 3.63) is 16.4 Å². The summed E-state index contributed by atoms with van der Waals surface area (Å²) < 4.78 is 5.41. The number of nitrogens with zero attached hydrogens (tertiary/aromatic N) is 4. The molecule has 0 amide bonds. The number of hydrogen-bond donors (Lipinski definition) is 2. The lowest BCUT2D eigenvalue weighted by Gasteiger charge is -1.99. The molecule has 0 aliphatic rings. The Bertz CT molecular complexity index is 734. The summed E-state index contributed by atoms with van der Waals surface area (Å²) in [6.45, 7) is 2.10. The molecule has 0 aromatic carbocycles. The van der Waals surface area contributed by atoms with Crippen molar-refractivity contribution in [2.45, 2.75) is 19.8 Å². The molecule has 0 radical (unpaired) electrons. The SMILES string of the molecule is CCCc1ncc(Br)c2nc(-c3nonc3N)[nH]c12. The van der Waals surface area contributed by atoms with Crippen LogP contribution in [0.2, 0.25) is 0 Å². The van der Waals surface area contributed by atoms with Gasteiger partial charge in [-0.1, -0.05) is 13.3 Å². The minimum Gasteiger partial charge on any atom is -0.379 e. The van der Waals surface area contributed by atoms with E-state index in [1.54, 1.807) is 6.20 Å². The zero-order valence-corrected chi connectivity index (χ0v) is 11.7.